The smallest absolute Gasteiger partial charge is 0.266 e. The zero-order valence-corrected chi connectivity index (χ0v) is 16.0. The Hall–Kier alpha value is -2.97. The first-order valence-electron chi connectivity index (χ1n) is 7.68. The lowest BCUT2D eigenvalue weighted by molar-refractivity contribution is -0.0000136. The van der Waals surface area contributed by atoms with Gasteiger partial charge in [-0.05, 0) is 40.2 Å². The molecule has 0 aliphatic rings. The van der Waals surface area contributed by atoms with Crippen molar-refractivity contribution in [3.8, 4) is 0 Å². The van der Waals surface area contributed by atoms with Crippen molar-refractivity contribution < 1.29 is 17.2 Å². The Morgan fingerprint density at radius 1 is 1.07 bits per heavy atom. The van der Waals surface area contributed by atoms with E-state index in [9.17, 15) is 9.59 Å². The molecule has 2 aromatic carbocycles. The van der Waals surface area contributed by atoms with Crippen LogP contribution in [0.3, 0.4) is 0 Å². The number of nitrogens with one attached hydrogen (secondary N) is 1. The predicted molar refractivity (Wildman–Crippen MR) is 103 cm³/mol. The highest BCUT2D eigenvalue weighted by atomic mass is 79.9. The maximum Gasteiger partial charge on any atom is 0.266 e. The van der Waals surface area contributed by atoms with E-state index in [-0.39, 0.29) is 23.7 Å². The van der Waals surface area contributed by atoms with Crippen molar-refractivity contribution in [2.75, 3.05) is 5.32 Å². The number of para-hydroxylation sites is 2. The van der Waals surface area contributed by atoms with Gasteiger partial charge in [-0.15, -0.1) is 0 Å². The number of carbonyl (C=O) groups excluding carboxylic acids is 1. The molecule has 0 radical (unpaired) electrons. The predicted octanol–water partition coefficient (Wildman–Crippen LogP) is -0.148. The van der Waals surface area contributed by atoms with Crippen LogP contribution in [0.4, 0.5) is 11.5 Å². The van der Waals surface area contributed by atoms with Gasteiger partial charge in [-0.3, -0.25) is 14.0 Å². The van der Waals surface area contributed by atoms with Gasteiger partial charge in [-0.2, -0.15) is 4.98 Å². The van der Waals surface area contributed by atoms with E-state index in [1.807, 2.05) is 6.07 Å². The van der Waals surface area contributed by atoms with E-state index in [0.29, 0.717) is 32.4 Å². The number of aromatic nitrogens is 3. The Kier molecular flexibility index (Phi) is 5.11. The first-order valence-corrected chi connectivity index (χ1v) is 8.47. The van der Waals surface area contributed by atoms with Crippen molar-refractivity contribution in [2.45, 2.75) is 0 Å². The Morgan fingerprint density at radius 2 is 1.78 bits per heavy atom. The van der Waals surface area contributed by atoms with Crippen molar-refractivity contribution in [2.24, 2.45) is 5.73 Å². The standard InChI is InChI=1S/C18H12BrN5O2.ClH/c19-12-9-24-17(26)11-6-2-4-8-14(11)22-18(24)23-16(12)21-13-7-3-1-5-10(13)15(20)25;/h1-9H,(H2,20,25)(H,21,22,23);1H/p-1. The molecule has 4 aromatic rings. The molecule has 0 fully saturated rings. The average molecular weight is 446 g/mol. The molecule has 2 aromatic heterocycles. The van der Waals surface area contributed by atoms with Crippen LogP contribution < -0.4 is 29.0 Å². The van der Waals surface area contributed by atoms with Crippen LogP contribution in [-0.4, -0.2) is 20.3 Å². The molecule has 0 unspecified atom stereocenters. The van der Waals surface area contributed by atoms with Gasteiger partial charge in [0.2, 0.25) is 5.78 Å². The van der Waals surface area contributed by atoms with Gasteiger partial charge in [-0.25, -0.2) is 4.98 Å². The number of amides is 1. The van der Waals surface area contributed by atoms with Gasteiger partial charge in [0.25, 0.3) is 11.5 Å². The van der Waals surface area contributed by atoms with E-state index in [4.69, 9.17) is 5.73 Å². The number of benzene rings is 2. The summed E-state index contributed by atoms with van der Waals surface area (Å²) in [4.78, 5) is 33.1. The number of nitrogens with zero attached hydrogens (tertiary/aromatic N) is 3. The zero-order chi connectivity index (χ0) is 18.3. The van der Waals surface area contributed by atoms with Crippen molar-refractivity contribution in [1.82, 2.24) is 14.4 Å². The number of nitrogens with two attached hydrogens (primary N) is 1. The summed E-state index contributed by atoms with van der Waals surface area (Å²) >= 11 is 3.41. The SMILES string of the molecule is NC(=O)c1ccccc1Nc1nc2nc3ccccc3c(=O)n2cc1Br.[Cl-]. The summed E-state index contributed by atoms with van der Waals surface area (Å²) in [5.74, 6) is 0.113. The van der Waals surface area contributed by atoms with Gasteiger partial charge >= 0.3 is 0 Å². The molecule has 3 N–H and O–H groups in total. The Bertz CT molecular complexity index is 1240. The quantitative estimate of drug-likeness (QED) is 0.427. The highest BCUT2D eigenvalue weighted by Gasteiger charge is 2.13. The summed E-state index contributed by atoms with van der Waals surface area (Å²) in [5, 5.41) is 3.58. The topological polar surface area (TPSA) is 102 Å². The molecule has 0 spiro atoms. The summed E-state index contributed by atoms with van der Waals surface area (Å²) in [7, 11) is 0. The highest BCUT2D eigenvalue weighted by Crippen LogP contribution is 2.26. The van der Waals surface area contributed by atoms with E-state index >= 15 is 0 Å². The number of primary amides is 1. The van der Waals surface area contributed by atoms with Crippen molar-refractivity contribution >= 4 is 50.0 Å². The van der Waals surface area contributed by atoms with Gasteiger partial charge in [0.15, 0.2) is 0 Å². The second kappa shape index (κ2) is 7.34. The van der Waals surface area contributed by atoms with Crippen LogP contribution in [-0.2, 0) is 0 Å². The monoisotopic (exact) mass is 444 g/mol. The highest BCUT2D eigenvalue weighted by molar-refractivity contribution is 9.10. The van der Waals surface area contributed by atoms with Crippen LogP contribution in [0.1, 0.15) is 10.4 Å². The molecule has 136 valence electrons. The van der Waals surface area contributed by atoms with Crippen molar-refractivity contribution in [1.29, 1.82) is 0 Å². The molecule has 1 amide bonds. The Balaban J connectivity index is 0.00000210. The maximum atomic E-state index is 12.6. The lowest BCUT2D eigenvalue weighted by Crippen LogP contribution is -3.00. The number of hydrogen-bond acceptors (Lipinski definition) is 5. The molecule has 0 aliphatic heterocycles. The zero-order valence-electron chi connectivity index (χ0n) is 13.7. The van der Waals surface area contributed by atoms with E-state index in [1.165, 1.54) is 4.40 Å². The third kappa shape index (κ3) is 3.36. The van der Waals surface area contributed by atoms with E-state index in [1.54, 1.807) is 48.7 Å². The van der Waals surface area contributed by atoms with Crippen molar-refractivity contribution in [3.63, 3.8) is 0 Å². The molecule has 2 heterocycles. The van der Waals surface area contributed by atoms with Crippen LogP contribution in [0, 0.1) is 0 Å². The molecule has 4 rings (SSSR count). The summed E-state index contributed by atoms with van der Waals surface area (Å²) in [6, 6.07) is 13.9. The Morgan fingerprint density at radius 3 is 2.56 bits per heavy atom. The maximum absolute atomic E-state index is 12.6. The molecule has 0 atom stereocenters. The van der Waals surface area contributed by atoms with Crippen LogP contribution in [0.15, 0.2) is 64.0 Å². The van der Waals surface area contributed by atoms with Crippen LogP contribution >= 0.6 is 15.9 Å². The van der Waals surface area contributed by atoms with E-state index < -0.39 is 5.91 Å². The second-order valence-corrected chi connectivity index (χ2v) is 6.43. The molecule has 7 nitrogen and oxygen atoms in total. The van der Waals surface area contributed by atoms with Crippen LogP contribution in [0.25, 0.3) is 16.7 Å². The largest absolute Gasteiger partial charge is 1.00 e. The molecule has 9 heteroatoms. The molecular weight excluding hydrogens is 434 g/mol. The molecule has 0 saturated carbocycles. The summed E-state index contributed by atoms with van der Waals surface area (Å²) in [5.41, 5.74) is 6.62. The average Bonchev–Trinajstić information content (AvgIpc) is 2.64. The third-order valence-electron chi connectivity index (χ3n) is 3.92. The first-order chi connectivity index (χ1) is 12.5. The van der Waals surface area contributed by atoms with E-state index in [0.717, 1.165) is 0 Å². The number of hydrogen-bond donors (Lipinski definition) is 2. The van der Waals surface area contributed by atoms with Gasteiger partial charge in [0.1, 0.15) is 5.82 Å². The number of halogens is 2. The minimum Gasteiger partial charge on any atom is -1.00 e. The molecule has 0 saturated heterocycles. The number of anilines is 2. The summed E-state index contributed by atoms with van der Waals surface area (Å²) in [6.07, 6.45) is 1.60. The molecule has 0 bridgehead atoms. The molecule has 27 heavy (non-hydrogen) atoms. The second-order valence-electron chi connectivity index (χ2n) is 5.58. The minimum atomic E-state index is -0.551. The van der Waals surface area contributed by atoms with Crippen LogP contribution in [0.2, 0.25) is 0 Å². The minimum absolute atomic E-state index is 0. The number of carbonyl (C=O) groups is 1. The number of fused-ring (bicyclic) bond motifs is 2. The Labute approximate surface area is 167 Å². The fourth-order valence-corrected chi connectivity index (χ4v) is 3.07. The van der Waals surface area contributed by atoms with Gasteiger partial charge in [-0.1, -0.05) is 24.3 Å². The molecule has 0 aliphatic carbocycles. The fraction of sp³-hybridized carbons (Fsp3) is 0. The van der Waals surface area contributed by atoms with Gasteiger partial charge in [0, 0.05) is 6.20 Å². The fourth-order valence-electron chi connectivity index (χ4n) is 2.68. The summed E-state index contributed by atoms with van der Waals surface area (Å²) in [6.45, 7) is 0. The first kappa shape index (κ1) is 18.8. The van der Waals surface area contributed by atoms with E-state index in [2.05, 4.69) is 31.2 Å². The summed E-state index contributed by atoms with van der Waals surface area (Å²) < 4.78 is 1.92. The van der Waals surface area contributed by atoms with Crippen LogP contribution in [0.5, 0.6) is 0 Å². The van der Waals surface area contributed by atoms with Gasteiger partial charge < -0.3 is 23.5 Å². The normalized spacial score (nSPS) is 10.6. The lowest BCUT2D eigenvalue weighted by atomic mass is 10.1. The van der Waals surface area contributed by atoms with Crippen molar-refractivity contribution in [3.05, 3.63) is 75.1 Å². The lowest BCUT2D eigenvalue weighted by Gasteiger charge is -2.12. The van der Waals surface area contributed by atoms with Gasteiger partial charge in [0.05, 0.1) is 26.6 Å². The number of rotatable bonds is 3. The third-order valence-corrected chi connectivity index (χ3v) is 4.50. The molecular formula is C18H12BrClN5O2-.